The minimum atomic E-state index is -0.789. The van der Waals surface area contributed by atoms with E-state index in [9.17, 15) is 9.18 Å². The number of carbonyl (C=O) groups excluding carboxylic acids is 1. The number of alkyl halides is 1. The average Bonchev–Trinajstić information content (AvgIpc) is 3.51. The lowest BCUT2D eigenvalue weighted by Gasteiger charge is -2.37. The minimum Gasteiger partial charge on any atom is -0.380 e. The van der Waals surface area contributed by atoms with E-state index in [1.807, 2.05) is 4.90 Å². The highest BCUT2D eigenvalue weighted by Gasteiger charge is 2.40. The van der Waals surface area contributed by atoms with E-state index in [1.54, 1.807) is 0 Å². The maximum Gasteiger partial charge on any atom is 0.226 e. The van der Waals surface area contributed by atoms with Crippen molar-refractivity contribution in [2.45, 2.75) is 63.7 Å². The monoisotopic (exact) mass is 361 g/mol. The summed E-state index contributed by atoms with van der Waals surface area (Å²) in [7, 11) is 0. The highest BCUT2D eigenvalue weighted by atomic mass is 19.1. The van der Waals surface area contributed by atoms with Crippen molar-refractivity contribution in [2.24, 2.45) is 17.8 Å². The Balaban J connectivity index is 1.30. The highest BCUT2D eigenvalue weighted by molar-refractivity contribution is 5.80. The third kappa shape index (κ3) is 3.53. The van der Waals surface area contributed by atoms with E-state index in [0.717, 1.165) is 36.2 Å². The molecule has 5 rings (SSSR count). The molecule has 1 aromatic rings. The van der Waals surface area contributed by atoms with Crippen molar-refractivity contribution in [3.8, 4) is 0 Å². The van der Waals surface area contributed by atoms with Crippen molar-refractivity contribution in [1.29, 1.82) is 0 Å². The molecule has 0 saturated heterocycles. The summed E-state index contributed by atoms with van der Waals surface area (Å²) in [5, 5.41) is 4.85. The van der Waals surface area contributed by atoms with E-state index < -0.39 is 6.17 Å². The zero-order chi connectivity index (χ0) is 17.7. The summed E-state index contributed by atoms with van der Waals surface area (Å²) >= 11 is 0. The molecule has 5 nitrogen and oxygen atoms in total. The molecule has 2 heterocycles. The van der Waals surface area contributed by atoms with Crippen LogP contribution in [0.4, 0.5) is 4.39 Å². The number of fused-ring (bicyclic) bond motifs is 1. The van der Waals surface area contributed by atoms with Crippen LogP contribution in [0.25, 0.3) is 0 Å². The average molecular weight is 361 g/mol. The van der Waals surface area contributed by atoms with Crippen LogP contribution in [0.2, 0.25) is 0 Å². The number of aromatic nitrogens is 2. The largest absolute Gasteiger partial charge is 0.380 e. The van der Waals surface area contributed by atoms with E-state index in [0.29, 0.717) is 32.5 Å². The number of rotatable bonds is 7. The third-order valence-electron chi connectivity index (χ3n) is 6.31. The molecule has 0 spiro atoms. The van der Waals surface area contributed by atoms with E-state index in [1.165, 1.54) is 25.7 Å². The second-order valence-corrected chi connectivity index (χ2v) is 8.87. The first-order valence-corrected chi connectivity index (χ1v) is 10.2. The van der Waals surface area contributed by atoms with Gasteiger partial charge in [-0.2, -0.15) is 5.10 Å². The van der Waals surface area contributed by atoms with Gasteiger partial charge in [-0.25, -0.2) is 4.39 Å². The van der Waals surface area contributed by atoms with Crippen molar-refractivity contribution in [1.82, 2.24) is 14.7 Å². The van der Waals surface area contributed by atoms with E-state index in [2.05, 4.69) is 10.9 Å². The predicted octanol–water partition coefficient (Wildman–Crippen LogP) is 2.89. The first-order valence-electron chi connectivity index (χ1n) is 10.2. The molecule has 1 aromatic heterocycles. The van der Waals surface area contributed by atoms with Crippen LogP contribution >= 0.6 is 0 Å². The molecular formula is C20H28FN3O2. The Morgan fingerprint density at radius 2 is 1.96 bits per heavy atom. The van der Waals surface area contributed by atoms with Gasteiger partial charge in [0.05, 0.1) is 12.3 Å². The second kappa shape index (κ2) is 6.63. The minimum absolute atomic E-state index is 0.117. The number of hydrogen-bond acceptors (Lipinski definition) is 3. The Bertz CT molecular complexity index is 677. The molecule has 1 amide bonds. The maximum atomic E-state index is 13.2. The quantitative estimate of drug-likeness (QED) is 0.750. The van der Waals surface area contributed by atoms with Crippen LogP contribution in [-0.4, -0.2) is 46.5 Å². The van der Waals surface area contributed by atoms with Crippen molar-refractivity contribution in [2.75, 3.05) is 19.8 Å². The van der Waals surface area contributed by atoms with Crippen LogP contribution in [0.15, 0.2) is 6.20 Å². The predicted molar refractivity (Wildman–Crippen MR) is 94.3 cm³/mol. The molecule has 26 heavy (non-hydrogen) atoms. The number of carbonyl (C=O) groups is 1. The fraction of sp³-hybridized carbons (Fsp3) is 0.800. The first kappa shape index (κ1) is 16.7. The molecule has 6 heteroatoms. The van der Waals surface area contributed by atoms with Gasteiger partial charge in [-0.15, -0.1) is 0 Å². The number of halogens is 1. The zero-order valence-electron chi connectivity index (χ0n) is 15.3. The molecule has 3 aliphatic carbocycles. The number of nitrogens with zero attached hydrogens (tertiary/aromatic N) is 3. The summed E-state index contributed by atoms with van der Waals surface area (Å²) in [6, 6.07) is 0. The van der Waals surface area contributed by atoms with Crippen molar-refractivity contribution in [3.05, 3.63) is 17.5 Å². The molecule has 0 radical (unpaired) electrons. The maximum absolute atomic E-state index is 13.2. The summed E-state index contributed by atoms with van der Waals surface area (Å²) in [4.78, 5) is 14.7. The molecule has 3 fully saturated rings. The Morgan fingerprint density at radius 1 is 1.19 bits per heavy atom. The third-order valence-corrected chi connectivity index (χ3v) is 6.31. The van der Waals surface area contributed by atoms with Crippen LogP contribution in [0.5, 0.6) is 0 Å². The molecule has 0 N–H and O–H groups in total. The molecule has 0 aromatic carbocycles. The summed E-state index contributed by atoms with van der Waals surface area (Å²) in [5.74, 6) is 1.64. The Kier molecular flexibility index (Phi) is 4.26. The van der Waals surface area contributed by atoms with Gasteiger partial charge < -0.3 is 9.64 Å². The lowest BCUT2D eigenvalue weighted by atomic mass is 9.81. The Hall–Kier alpha value is -1.43. The van der Waals surface area contributed by atoms with Gasteiger partial charge in [0, 0.05) is 49.8 Å². The highest BCUT2D eigenvalue weighted by Crippen LogP contribution is 2.36. The molecule has 3 saturated carbocycles. The SMILES string of the molecule is O=C(C1CC(F)C1)N1Cc2cn(CC3CC3)nc2[C@@H](COCC2CC2)C1. The van der Waals surface area contributed by atoms with E-state index in [-0.39, 0.29) is 17.7 Å². The van der Waals surface area contributed by atoms with Gasteiger partial charge in [0.1, 0.15) is 6.17 Å². The van der Waals surface area contributed by atoms with Crippen LogP contribution in [0, 0.1) is 17.8 Å². The van der Waals surface area contributed by atoms with E-state index >= 15 is 0 Å². The van der Waals surface area contributed by atoms with Crippen molar-refractivity contribution >= 4 is 5.91 Å². The summed E-state index contributed by atoms with van der Waals surface area (Å²) in [6.45, 7) is 3.72. The summed E-state index contributed by atoms with van der Waals surface area (Å²) in [5.41, 5.74) is 2.27. The van der Waals surface area contributed by atoms with Crippen LogP contribution in [0.3, 0.4) is 0 Å². The summed E-state index contributed by atoms with van der Waals surface area (Å²) in [6.07, 6.45) is 7.29. The molecule has 4 aliphatic rings. The number of ether oxygens (including phenoxy) is 1. The van der Waals surface area contributed by atoms with Crippen molar-refractivity contribution in [3.63, 3.8) is 0 Å². The zero-order valence-corrected chi connectivity index (χ0v) is 15.3. The second-order valence-electron chi connectivity index (χ2n) is 8.87. The molecule has 142 valence electrons. The lowest BCUT2D eigenvalue weighted by Crippen LogP contribution is -2.46. The van der Waals surface area contributed by atoms with Crippen molar-refractivity contribution < 1.29 is 13.9 Å². The van der Waals surface area contributed by atoms with Gasteiger partial charge in [-0.1, -0.05) is 0 Å². The van der Waals surface area contributed by atoms with E-state index in [4.69, 9.17) is 9.84 Å². The van der Waals surface area contributed by atoms with Gasteiger partial charge in [0.2, 0.25) is 5.91 Å². The standard InChI is InChI=1S/C20H28FN3O2/c21-18-5-15(6-18)20(25)23-8-16-10-24(7-13-1-2-13)22-19(16)17(9-23)12-26-11-14-3-4-14/h10,13-15,17-18H,1-9,11-12H2/t15?,17-,18?/m1/s1. The Labute approximate surface area is 153 Å². The Morgan fingerprint density at radius 3 is 2.65 bits per heavy atom. The molecular weight excluding hydrogens is 333 g/mol. The smallest absolute Gasteiger partial charge is 0.226 e. The molecule has 1 atom stereocenters. The van der Waals surface area contributed by atoms with Gasteiger partial charge in [-0.3, -0.25) is 9.48 Å². The van der Waals surface area contributed by atoms with Gasteiger partial charge in [-0.05, 0) is 50.4 Å². The topological polar surface area (TPSA) is 47.4 Å². The summed E-state index contributed by atoms with van der Waals surface area (Å²) < 4.78 is 21.2. The van der Waals surface area contributed by atoms with Gasteiger partial charge in [0.15, 0.2) is 0 Å². The normalized spacial score (nSPS) is 30.8. The van der Waals surface area contributed by atoms with Gasteiger partial charge in [0.25, 0.3) is 0 Å². The van der Waals surface area contributed by atoms with Crippen LogP contribution in [0.1, 0.15) is 55.7 Å². The van der Waals surface area contributed by atoms with Crippen LogP contribution in [-0.2, 0) is 22.6 Å². The number of hydrogen-bond donors (Lipinski definition) is 0. The molecule has 0 bridgehead atoms. The van der Waals surface area contributed by atoms with Crippen LogP contribution < -0.4 is 0 Å². The van der Waals surface area contributed by atoms with Gasteiger partial charge >= 0.3 is 0 Å². The lowest BCUT2D eigenvalue weighted by molar-refractivity contribution is -0.142. The molecule has 0 unspecified atom stereocenters. The fourth-order valence-electron chi connectivity index (χ4n) is 4.19. The fourth-order valence-corrected chi connectivity index (χ4v) is 4.19. The first-order chi connectivity index (χ1) is 12.7. The number of amides is 1. The molecule has 1 aliphatic heterocycles.